The van der Waals surface area contributed by atoms with Crippen LogP contribution in [0.4, 0.5) is 5.82 Å². The molecule has 21 heavy (non-hydrogen) atoms. The van der Waals surface area contributed by atoms with E-state index in [2.05, 4.69) is 29.4 Å². The molecule has 0 aliphatic rings. The number of hydrogen-bond acceptors (Lipinski definition) is 3. The van der Waals surface area contributed by atoms with Gasteiger partial charge in [0.2, 0.25) is 0 Å². The van der Waals surface area contributed by atoms with Crippen LogP contribution in [0, 0.1) is 6.92 Å². The third-order valence-corrected chi connectivity index (χ3v) is 3.67. The summed E-state index contributed by atoms with van der Waals surface area (Å²) in [5.41, 5.74) is 9.44. The van der Waals surface area contributed by atoms with Crippen molar-refractivity contribution in [3.63, 3.8) is 0 Å². The van der Waals surface area contributed by atoms with Gasteiger partial charge in [-0.2, -0.15) is 0 Å². The SMILES string of the molecule is CCCNC(Cc1cccc(Cl)c1)c1cc(C)cnc1N. The minimum Gasteiger partial charge on any atom is -0.383 e. The minimum absolute atomic E-state index is 0.149. The molecule has 2 rings (SSSR count). The Bertz CT molecular complexity index is 598. The highest BCUT2D eigenvalue weighted by molar-refractivity contribution is 6.30. The zero-order chi connectivity index (χ0) is 15.2. The predicted octanol–water partition coefficient (Wildman–Crippen LogP) is 3.91. The van der Waals surface area contributed by atoms with Crippen molar-refractivity contribution >= 4 is 17.4 Å². The third-order valence-electron chi connectivity index (χ3n) is 3.43. The molecule has 2 aromatic rings. The molecule has 0 bridgehead atoms. The van der Waals surface area contributed by atoms with Crippen LogP contribution in [-0.4, -0.2) is 11.5 Å². The van der Waals surface area contributed by atoms with E-state index in [0.717, 1.165) is 35.5 Å². The molecule has 3 nitrogen and oxygen atoms in total. The molecule has 3 N–H and O–H groups in total. The topological polar surface area (TPSA) is 50.9 Å². The molecule has 0 radical (unpaired) electrons. The first-order valence-electron chi connectivity index (χ1n) is 7.30. The summed E-state index contributed by atoms with van der Waals surface area (Å²) in [5.74, 6) is 0.594. The number of aromatic nitrogens is 1. The molecular weight excluding hydrogens is 282 g/mol. The first-order chi connectivity index (χ1) is 10.1. The van der Waals surface area contributed by atoms with Crippen LogP contribution in [0.15, 0.2) is 36.5 Å². The Kier molecular flexibility index (Phi) is 5.59. The van der Waals surface area contributed by atoms with E-state index in [1.165, 1.54) is 5.56 Å². The Hall–Kier alpha value is -1.58. The number of nitrogen functional groups attached to an aromatic ring is 1. The molecule has 1 unspecified atom stereocenters. The molecule has 0 saturated heterocycles. The van der Waals surface area contributed by atoms with Crippen molar-refractivity contribution in [3.8, 4) is 0 Å². The summed E-state index contributed by atoms with van der Waals surface area (Å²) < 4.78 is 0. The second-order valence-corrected chi connectivity index (χ2v) is 5.76. The second-order valence-electron chi connectivity index (χ2n) is 5.33. The van der Waals surface area contributed by atoms with E-state index in [4.69, 9.17) is 17.3 Å². The quantitative estimate of drug-likeness (QED) is 0.850. The van der Waals surface area contributed by atoms with Crippen LogP contribution in [0.25, 0.3) is 0 Å². The fourth-order valence-corrected chi connectivity index (χ4v) is 2.60. The van der Waals surface area contributed by atoms with Gasteiger partial charge in [0.05, 0.1) is 0 Å². The fourth-order valence-electron chi connectivity index (χ4n) is 2.39. The lowest BCUT2D eigenvalue weighted by atomic mass is 9.98. The van der Waals surface area contributed by atoms with Gasteiger partial charge in [0, 0.05) is 22.8 Å². The molecule has 1 aromatic heterocycles. The molecule has 0 fully saturated rings. The number of nitrogens with two attached hydrogens (primary N) is 1. The fraction of sp³-hybridized carbons (Fsp3) is 0.353. The molecule has 0 saturated carbocycles. The van der Waals surface area contributed by atoms with Crippen molar-refractivity contribution in [1.82, 2.24) is 10.3 Å². The molecule has 4 heteroatoms. The normalized spacial score (nSPS) is 12.3. The average molecular weight is 304 g/mol. The Labute approximate surface area is 131 Å². The lowest BCUT2D eigenvalue weighted by molar-refractivity contribution is 0.529. The summed E-state index contributed by atoms with van der Waals surface area (Å²) in [4.78, 5) is 4.28. The Morgan fingerprint density at radius 1 is 1.33 bits per heavy atom. The van der Waals surface area contributed by atoms with Crippen LogP contribution < -0.4 is 11.1 Å². The number of anilines is 1. The van der Waals surface area contributed by atoms with Crippen molar-refractivity contribution in [2.75, 3.05) is 12.3 Å². The van der Waals surface area contributed by atoms with Crippen molar-refractivity contribution in [2.24, 2.45) is 0 Å². The molecule has 112 valence electrons. The number of rotatable bonds is 6. The van der Waals surface area contributed by atoms with E-state index in [-0.39, 0.29) is 6.04 Å². The summed E-state index contributed by atoms with van der Waals surface area (Å²) in [6.07, 6.45) is 3.72. The highest BCUT2D eigenvalue weighted by Gasteiger charge is 2.15. The highest BCUT2D eigenvalue weighted by Crippen LogP contribution is 2.24. The minimum atomic E-state index is 0.149. The van der Waals surface area contributed by atoms with Crippen molar-refractivity contribution in [1.29, 1.82) is 0 Å². The first kappa shape index (κ1) is 15.8. The largest absolute Gasteiger partial charge is 0.383 e. The summed E-state index contributed by atoms with van der Waals surface area (Å²) in [6, 6.07) is 10.2. The maximum atomic E-state index is 6.08. The second kappa shape index (κ2) is 7.43. The highest BCUT2D eigenvalue weighted by atomic mass is 35.5. The van der Waals surface area contributed by atoms with Gasteiger partial charge >= 0.3 is 0 Å². The zero-order valence-corrected chi connectivity index (χ0v) is 13.3. The monoisotopic (exact) mass is 303 g/mol. The van der Waals surface area contributed by atoms with Gasteiger partial charge in [0.1, 0.15) is 5.82 Å². The first-order valence-corrected chi connectivity index (χ1v) is 7.67. The molecule has 0 aliphatic carbocycles. The third kappa shape index (κ3) is 4.45. The Balaban J connectivity index is 2.27. The summed E-state index contributed by atoms with van der Waals surface area (Å²) in [5, 5.41) is 4.32. The number of halogens is 1. The van der Waals surface area contributed by atoms with Crippen LogP contribution in [0.1, 0.15) is 36.1 Å². The maximum Gasteiger partial charge on any atom is 0.128 e. The van der Waals surface area contributed by atoms with Gasteiger partial charge in [-0.3, -0.25) is 0 Å². The molecular formula is C17H22ClN3. The lowest BCUT2D eigenvalue weighted by Gasteiger charge is -2.21. The van der Waals surface area contributed by atoms with Gasteiger partial charge in [-0.1, -0.05) is 30.7 Å². The van der Waals surface area contributed by atoms with E-state index in [1.807, 2.05) is 25.1 Å². The number of hydrogen-bond donors (Lipinski definition) is 2. The predicted molar refractivity (Wildman–Crippen MR) is 89.6 cm³/mol. The van der Waals surface area contributed by atoms with Gasteiger partial charge in [-0.15, -0.1) is 0 Å². The van der Waals surface area contributed by atoms with Crippen LogP contribution in [0.3, 0.4) is 0 Å². The number of aryl methyl sites for hydroxylation is 1. The smallest absolute Gasteiger partial charge is 0.128 e. The van der Waals surface area contributed by atoms with Crippen molar-refractivity contribution < 1.29 is 0 Å². The number of nitrogens with one attached hydrogen (secondary N) is 1. The van der Waals surface area contributed by atoms with Gasteiger partial charge in [-0.25, -0.2) is 4.98 Å². The van der Waals surface area contributed by atoms with Crippen LogP contribution in [0.5, 0.6) is 0 Å². The summed E-state index contributed by atoms with van der Waals surface area (Å²) in [7, 11) is 0. The summed E-state index contributed by atoms with van der Waals surface area (Å²) in [6.45, 7) is 5.13. The molecule has 1 aromatic carbocycles. The van der Waals surface area contributed by atoms with E-state index < -0.39 is 0 Å². The molecule has 1 heterocycles. The average Bonchev–Trinajstić information content (AvgIpc) is 2.46. The van der Waals surface area contributed by atoms with Crippen molar-refractivity contribution in [2.45, 2.75) is 32.7 Å². The maximum absolute atomic E-state index is 6.08. The lowest BCUT2D eigenvalue weighted by Crippen LogP contribution is -2.25. The Morgan fingerprint density at radius 3 is 2.86 bits per heavy atom. The number of benzene rings is 1. The molecule has 0 aliphatic heterocycles. The van der Waals surface area contributed by atoms with E-state index in [0.29, 0.717) is 5.82 Å². The summed E-state index contributed by atoms with van der Waals surface area (Å²) >= 11 is 6.08. The van der Waals surface area contributed by atoms with Gasteiger partial charge in [0.15, 0.2) is 0 Å². The Morgan fingerprint density at radius 2 is 2.14 bits per heavy atom. The van der Waals surface area contributed by atoms with Gasteiger partial charge in [0.25, 0.3) is 0 Å². The molecule has 1 atom stereocenters. The van der Waals surface area contributed by atoms with Crippen LogP contribution in [0.2, 0.25) is 5.02 Å². The number of nitrogens with zero attached hydrogens (tertiary/aromatic N) is 1. The van der Waals surface area contributed by atoms with Gasteiger partial charge < -0.3 is 11.1 Å². The standard InChI is InChI=1S/C17H22ClN3/c1-3-7-20-16(10-13-5-4-6-14(18)9-13)15-8-12(2)11-21-17(15)19/h4-6,8-9,11,16,20H,3,7,10H2,1-2H3,(H2,19,21). The number of pyridine rings is 1. The van der Waals surface area contributed by atoms with Crippen LogP contribution >= 0.6 is 11.6 Å². The van der Waals surface area contributed by atoms with E-state index in [1.54, 1.807) is 6.20 Å². The van der Waals surface area contributed by atoms with E-state index >= 15 is 0 Å². The van der Waals surface area contributed by atoms with Crippen LogP contribution in [-0.2, 0) is 6.42 Å². The van der Waals surface area contributed by atoms with Crippen molar-refractivity contribution in [3.05, 3.63) is 58.2 Å². The molecule has 0 amide bonds. The zero-order valence-electron chi connectivity index (χ0n) is 12.6. The van der Waals surface area contributed by atoms with E-state index in [9.17, 15) is 0 Å². The molecule has 0 spiro atoms. The van der Waals surface area contributed by atoms with Gasteiger partial charge in [-0.05, 0) is 55.6 Å².